The topological polar surface area (TPSA) is 93.5 Å². The Morgan fingerprint density at radius 2 is 2.10 bits per heavy atom. The third-order valence-corrected chi connectivity index (χ3v) is 2.41. The molecule has 112 valence electrons. The van der Waals surface area contributed by atoms with Crippen molar-refractivity contribution in [2.45, 2.75) is 46.3 Å². The zero-order chi connectivity index (χ0) is 15.3. The summed E-state index contributed by atoms with van der Waals surface area (Å²) in [5.41, 5.74) is 0.0879. The highest BCUT2D eigenvalue weighted by Gasteiger charge is 2.16. The molecule has 1 aromatic rings. The van der Waals surface area contributed by atoms with Crippen molar-refractivity contribution in [2.75, 3.05) is 6.54 Å². The molecule has 0 atom stereocenters. The molecule has 0 radical (unpaired) electrons. The van der Waals surface area contributed by atoms with Gasteiger partial charge >= 0.3 is 12.1 Å². The average molecular weight is 283 g/mol. The number of hydrogen-bond donors (Lipinski definition) is 2. The zero-order valence-corrected chi connectivity index (χ0v) is 12.3. The maximum absolute atomic E-state index is 11.4. The van der Waals surface area contributed by atoms with Crippen LogP contribution in [-0.2, 0) is 17.7 Å². The molecule has 0 fully saturated rings. The molecule has 20 heavy (non-hydrogen) atoms. The Hall–Kier alpha value is -2.05. The first-order valence-corrected chi connectivity index (χ1v) is 6.49. The molecule has 7 heteroatoms. The highest BCUT2D eigenvalue weighted by atomic mass is 16.6. The van der Waals surface area contributed by atoms with Gasteiger partial charge in [-0.05, 0) is 27.7 Å². The Labute approximate surface area is 118 Å². The lowest BCUT2D eigenvalue weighted by molar-refractivity contribution is 0.0527. The number of imidazole rings is 1. The first-order valence-electron chi connectivity index (χ1n) is 6.49. The number of aromatic nitrogens is 2. The Morgan fingerprint density at radius 1 is 1.45 bits per heavy atom. The summed E-state index contributed by atoms with van der Waals surface area (Å²) in [4.78, 5) is 26.4. The van der Waals surface area contributed by atoms with Crippen LogP contribution in [0.1, 0.15) is 44.0 Å². The zero-order valence-electron chi connectivity index (χ0n) is 12.3. The maximum atomic E-state index is 11.4. The Bertz CT molecular complexity index is 488. The number of ether oxygens (including phenoxy) is 1. The second kappa shape index (κ2) is 6.40. The van der Waals surface area contributed by atoms with E-state index in [9.17, 15) is 9.59 Å². The van der Waals surface area contributed by atoms with Crippen molar-refractivity contribution >= 4 is 12.1 Å². The summed E-state index contributed by atoms with van der Waals surface area (Å²) in [6, 6.07) is 0. The van der Waals surface area contributed by atoms with E-state index in [1.54, 1.807) is 31.5 Å². The number of amides is 1. The number of carbonyl (C=O) groups is 2. The number of alkyl carbamates (subject to hydrolysis) is 1. The Balaban J connectivity index is 2.50. The van der Waals surface area contributed by atoms with Gasteiger partial charge in [0.15, 0.2) is 0 Å². The maximum Gasteiger partial charge on any atom is 0.407 e. The molecular weight excluding hydrogens is 262 g/mol. The summed E-state index contributed by atoms with van der Waals surface area (Å²) >= 11 is 0. The number of nitrogens with zero attached hydrogens (tertiary/aromatic N) is 2. The number of carbonyl (C=O) groups excluding carboxylic acids is 1. The molecule has 0 aromatic carbocycles. The van der Waals surface area contributed by atoms with Crippen molar-refractivity contribution in [3.05, 3.63) is 17.7 Å². The predicted octanol–water partition coefficient (Wildman–Crippen LogP) is 1.67. The molecule has 7 nitrogen and oxygen atoms in total. The molecular formula is C13H21N3O4. The van der Waals surface area contributed by atoms with Crippen LogP contribution in [0.25, 0.3) is 0 Å². The lowest BCUT2D eigenvalue weighted by Gasteiger charge is -2.19. The second-order valence-corrected chi connectivity index (χ2v) is 5.33. The highest BCUT2D eigenvalue weighted by Crippen LogP contribution is 2.07. The van der Waals surface area contributed by atoms with Gasteiger partial charge in [-0.3, -0.25) is 0 Å². The normalized spacial score (nSPS) is 11.2. The van der Waals surface area contributed by atoms with Crippen molar-refractivity contribution in [3.63, 3.8) is 0 Å². The fourth-order valence-corrected chi connectivity index (χ4v) is 1.61. The molecule has 0 saturated heterocycles. The molecule has 1 amide bonds. The van der Waals surface area contributed by atoms with Crippen molar-refractivity contribution < 1.29 is 19.4 Å². The minimum Gasteiger partial charge on any atom is -0.475 e. The van der Waals surface area contributed by atoms with Crippen LogP contribution in [0.3, 0.4) is 0 Å². The minimum atomic E-state index is -1.06. The molecule has 2 N–H and O–H groups in total. The number of rotatable bonds is 5. The highest BCUT2D eigenvalue weighted by molar-refractivity contribution is 5.83. The lowest BCUT2D eigenvalue weighted by Crippen LogP contribution is -2.33. The molecule has 0 aliphatic heterocycles. The fourth-order valence-electron chi connectivity index (χ4n) is 1.61. The molecule has 0 spiro atoms. The largest absolute Gasteiger partial charge is 0.475 e. The number of aromatic carboxylic acids is 1. The van der Waals surface area contributed by atoms with Gasteiger partial charge in [-0.2, -0.15) is 0 Å². The average Bonchev–Trinajstić information content (AvgIpc) is 2.70. The van der Waals surface area contributed by atoms with Crippen molar-refractivity contribution in [1.82, 2.24) is 14.9 Å². The van der Waals surface area contributed by atoms with Gasteiger partial charge in [-0.25, -0.2) is 14.6 Å². The van der Waals surface area contributed by atoms with E-state index in [-0.39, 0.29) is 5.82 Å². The fraction of sp³-hybridized carbons (Fsp3) is 0.615. The third kappa shape index (κ3) is 4.91. The van der Waals surface area contributed by atoms with Gasteiger partial charge in [0.1, 0.15) is 5.60 Å². The molecule has 1 rings (SSSR count). The van der Waals surface area contributed by atoms with Crippen LogP contribution < -0.4 is 5.32 Å². The summed E-state index contributed by atoms with van der Waals surface area (Å²) < 4.78 is 6.65. The van der Waals surface area contributed by atoms with Crippen LogP contribution >= 0.6 is 0 Å². The summed E-state index contributed by atoms with van der Waals surface area (Å²) in [5, 5.41) is 11.6. The van der Waals surface area contributed by atoms with E-state index in [4.69, 9.17) is 9.84 Å². The van der Waals surface area contributed by atoms with E-state index in [1.807, 2.05) is 6.92 Å². The SMILES string of the molecule is CCn1cc(CCNC(=O)OC(C)(C)C)nc1C(=O)O. The molecule has 0 saturated carbocycles. The van der Waals surface area contributed by atoms with Crippen LogP contribution in [0.2, 0.25) is 0 Å². The van der Waals surface area contributed by atoms with Gasteiger partial charge in [0.2, 0.25) is 5.82 Å². The first-order chi connectivity index (χ1) is 9.23. The summed E-state index contributed by atoms with van der Waals surface area (Å²) in [5.74, 6) is -1.04. The van der Waals surface area contributed by atoms with Gasteiger partial charge in [0.25, 0.3) is 0 Å². The standard InChI is InChI=1S/C13H21N3O4/c1-5-16-8-9(15-10(16)11(17)18)6-7-14-12(19)20-13(2,3)4/h8H,5-7H2,1-4H3,(H,14,19)(H,17,18). The molecule has 0 aliphatic carbocycles. The van der Waals surface area contributed by atoms with Crippen LogP contribution in [0, 0.1) is 0 Å². The van der Waals surface area contributed by atoms with Crippen LogP contribution in [-0.4, -0.2) is 38.9 Å². The monoisotopic (exact) mass is 283 g/mol. The third-order valence-electron chi connectivity index (χ3n) is 2.41. The van der Waals surface area contributed by atoms with Crippen molar-refractivity contribution in [2.24, 2.45) is 0 Å². The molecule has 1 heterocycles. The van der Waals surface area contributed by atoms with Gasteiger partial charge in [0, 0.05) is 25.7 Å². The van der Waals surface area contributed by atoms with Gasteiger partial charge in [-0.15, -0.1) is 0 Å². The smallest absolute Gasteiger partial charge is 0.407 e. The second-order valence-electron chi connectivity index (χ2n) is 5.33. The number of nitrogens with one attached hydrogen (secondary N) is 1. The Kier molecular flexibility index (Phi) is 5.12. The van der Waals surface area contributed by atoms with Crippen LogP contribution in [0.5, 0.6) is 0 Å². The van der Waals surface area contributed by atoms with Crippen LogP contribution in [0.15, 0.2) is 6.20 Å². The van der Waals surface area contributed by atoms with Crippen molar-refractivity contribution in [3.8, 4) is 0 Å². The van der Waals surface area contributed by atoms with E-state index >= 15 is 0 Å². The number of hydrogen-bond acceptors (Lipinski definition) is 4. The number of aryl methyl sites for hydroxylation is 1. The Morgan fingerprint density at radius 3 is 2.55 bits per heavy atom. The van der Waals surface area contributed by atoms with E-state index in [2.05, 4.69) is 10.3 Å². The van der Waals surface area contributed by atoms with E-state index in [0.717, 1.165) is 0 Å². The van der Waals surface area contributed by atoms with Crippen molar-refractivity contribution in [1.29, 1.82) is 0 Å². The molecule has 0 bridgehead atoms. The van der Waals surface area contributed by atoms with Crippen LogP contribution in [0.4, 0.5) is 4.79 Å². The first kappa shape index (κ1) is 16.0. The molecule has 0 aliphatic rings. The van der Waals surface area contributed by atoms with Gasteiger partial charge in [0.05, 0.1) is 5.69 Å². The predicted molar refractivity (Wildman–Crippen MR) is 72.8 cm³/mol. The molecule has 1 aromatic heterocycles. The van der Waals surface area contributed by atoms with Gasteiger partial charge < -0.3 is 19.7 Å². The summed E-state index contributed by atoms with van der Waals surface area (Å²) in [6.07, 6.45) is 1.64. The number of carboxylic acids is 1. The molecule has 0 unspecified atom stereocenters. The van der Waals surface area contributed by atoms with Gasteiger partial charge in [-0.1, -0.05) is 0 Å². The lowest BCUT2D eigenvalue weighted by atomic mass is 10.2. The summed E-state index contributed by atoms with van der Waals surface area (Å²) in [7, 11) is 0. The van der Waals surface area contributed by atoms with E-state index < -0.39 is 17.7 Å². The van der Waals surface area contributed by atoms with E-state index in [0.29, 0.717) is 25.2 Å². The number of carboxylic acid groups (broad SMARTS) is 1. The van der Waals surface area contributed by atoms with E-state index in [1.165, 1.54) is 0 Å². The quantitative estimate of drug-likeness (QED) is 0.857. The minimum absolute atomic E-state index is 0.0137. The summed E-state index contributed by atoms with van der Waals surface area (Å²) in [6.45, 7) is 8.08.